The zero-order valence-electron chi connectivity index (χ0n) is 27.2. The van der Waals surface area contributed by atoms with Crippen LogP contribution in [0.15, 0.2) is 48.1 Å². The summed E-state index contributed by atoms with van der Waals surface area (Å²) in [5.41, 5.74) is -5.18. The number of esters is 2. The molecule has 0 heterocycles. The van der Waals surface area contributed by atoms with E-state index in [4.69, 9.17) is 9.47 Å². The van der Waals surface area contributed by atoms with Crippen LogP contribution in [0.5, 0.6) is 0 Å². The van der Waals surface area contributed by atoms with Gasteiger partial charge in [0.1, 0.15) is 6.61 Å². The van der Waals surface area contributed by atoms with Crippen LogP contribution in [0, 0.1) is 38.7 Å². The standard InChI is InChI=1S/C35H42FNO10/c1-5-6-7-30(41)47-35(29(40)20-45-31(42)23-10-8-22(9-11-23)19-46-37(43)44)21(2)16-27-26-13-12-24-17-25(38)14-15-32(24,3)34(26,36)28(39)18-33(27,35)4/h8-11,14-15,17,21,26-28,39H,5-7,12-13,16,18-20H2,1-4H3/t21-,26?,27?,28-,32-,33-,34-,35-/m0/s1. The molecule has 3 saturated carbocycles. The minimum absolute atomic E-state index is 0.0649. The summed E-state index contributed by atoms with van der Waals surface area (Å²) >= 11 is 0. The molecule has 8 atom stereocenters. The fourth-order valence-electron chi connectivity index (χ4n) is 9.14. The number of allylic oxidation sites excluding steroid dienone is 4. The fraction of sp³-hybridized carbons (Fsp3) is 0.600. The molecule has 5 rings (SSSR count). The molecule has 4 aliphatic carbocycles. The molecule has 2 unspecified atom stereocenters. The number of aliphatic hydroxyl groups is 1. The molecule has 12 heteroatoms. The van der Waals surface area contributed by atoms with Crippen molar-refractivity contribution in [2.24, 2.45) is 28.6 Å². The van der Waals surface area contributed by atoms with Gasteiger partial charge in [-0.2, -0.15) is 0 Å². The number of halogens is 1. The van der Waals surface area contributed by atoms with Crippen molar-refractivity contribution < 1.29 is 48.1 Å². The van der Waals surface area contributed by atoms with E-state index in [1.807, 2.05) is 6.92 Å². The lowest BCUT2D eigenvalue weighted by Crippen LogP contribution is -2.70. The molecule has 0 saturated heterocycles. The third kappa shape index (κ3) is 5.48. The zero-order valence-corrected chi connectivity index (χ0v) is 27.2. The smallest absolute Gasteiger partial charge is 0.338 e. The molecule has 3 fully saturated rings. The first-order valence-corrected chi connectivity index (χ1v) is 16.2. The number of unbranched alkanes of at least 4 members (excludes halogenated alkanes) is 1. The summed E-state index contributed by atoms with van der Waals surface area (Å²) < 4.78 is 29.3. The van der Waals surface area contributed by atoms with Gasteiger partial charge in [0.25, 0.3) is 5.09 Å². The fourth-order valence-corrected chi connectivity index (χ4v) is 9.14. The Morgan fingerprint density at radius 1 is 1.15 bits per heavy atom. The van der Waals surface area contributed by atoms with E-state index in [1.165, 1.54) is 36.4 Å². The van der Waals surface area contributed by atoms with Crippen LogP contribution < -0.4 is 0 Å². The molecule has 0 aromatic heterocycles. The molecule has 47 heavy (non-hydrogen) atoms. The van der Waals surface area contributed by atoms with Gasteiger partial charge in [0.2, 0.25) is 5.78 Å². The molecule has 1 aromatic carbocycles. The van der Waals surface area contributed by atoms with Crippen molar-refractivity contribution in [3.8, 4) is 0 Å². The number of aliphatic hydroxyl groups excluding tert-OH is 1. The van der Waals surface area contributed by atoms with Gasteiger partial charge >= 0.3 is 11.9 Å². The number of fused-ring (bicyclic) bond motifs is 5. The highest BCUT2D eigenvalue weighted by Crippen LogP contribution is 2.71. The van der Waals surface area contributed by atoms with Gasteiger partial charge in [0.15, 0.2) is 23.7 Å². The average Bonchev–Trinajstić information content (AvgIpc) is 3.24. The SMILES string of the molecule is CCCCC(=O)O[C@]1(C(=O)COC(=O)c2ccc(CO[N+](=O)[O-])cc2)[C@@H](C)CC2C3CCC4=CC(=O)C=C[C@]4(C)[C@@]3(F)[C@@H](O)C[C@@]21C. The quantitative estimate of drug-likeness (QED) is 0.191. The van der Waals surface area contributed by atoms with E-state index in [1.54, 1.807) is 26.8 Å². The van der Waals surface area contributed by atoms with Crippen LogP contribution in [0.3, 0.4) is 0 Å². The minimum atomic E-state index is -2.13. The number of carbonyl (C=O) groups excluding carboxylic acids is 4. The molecule has 4 aliphatic rings. The molecule has 0 spiro atoms. The summed E-state index contributed by atoms with van der Waals surface area (Å²) in [6, 6.07) is 5.69. The first-order chi connectivity index (χ1) is 22.1. The molecule has 0 aliphatic heterocycles. The van der Waals surface area contributed by atoms with Gasteiger partial charge in [0.05, 0.1) is 11.7 Å². The predicted molar refractivity (Wildman–Crippen MR) is 165 cm³/mol. The highest BCUT2D eigenvalue weighted by molar-refractivity contribution is 6.01. The average molecular weight is 656 g/mol. The summed E-state index contributed by atoms with van der Waals surface area (Å²) in [6.45, 7) is 6.16. The van der Waals surface area contributed by atoms with Gasteiger partial charge in [-0.15, -0.1) is 10.1 Å². The molecule has 1 aromatic rings. The second-order valence-electron chi connectivity index (χ2n) is 13.9. The Kier molecular flexibility index (Phi) is 9.22. The van der Waals surface area contributed by atoms with Gasteiger partial charge in [0, 0.05) is 29.1 Å². The number of benzene rings is 1. The van der Waals surface area contributed by atoms with Crippen LogP contribution in [0.4, 0.5) is 4.39 Å². The molecule has 11 nitrogen and oxygen atoms in total. The Hall–Kier alpha value is -3.93. The first-order valence-electron chi connectivity index (χ1n) is 16.2. The van der Waals surface area contributed by atoms with E-state index in [0.717, 1.165) is 6.42 Å². The molecule has 1 N–H and O–H groups in total. The number of Topliss-reactive ketones (excluding diaryl/α,β-unsaturated/α-hetero) is 1. The van der Waals surface area contributed by atoms with Crippen molar-refractivity contribution in [1.29, 1.82) is 0 Å². The maximum atomic E-state index is 17.7. The summed E-state index contributed by atoms with van der Waals surface area (Å²) in [4.78, 5) is 67.7. The number of ketones is 2. The second kappa shape index (κ2) is 12.6. The number of ether oxygens (including phenoxy) is 2. The number of hydrogen-bond acceptors (Lipinski definition) is 10. The topological polar surface area (TPSA) is 159 Å². The van der Waals surface area contributed by atoms with E-state index in [2.05, 4.69) is 4.84 Å². The third-order valence-corrected chi connectivity index (χ3v) is 11.5. The molecule has 0 bridgehead atoms. The minimum Gasteiger partial charge on any atom is -0.454 e. The zero-order chi connectivity index (χ0) is 34.4. The Labute approximate surface area is 272 Å². The number of hydrogen-bond donors (Lipinski definition) is 1. The van der Waals surface area contributed by atoms with E-state index in [-0.39, 0.29) is 30.8 Å². The normalized spacial score (nSPS) is 35.5. The van der Waals surface area contributed by atoms with Crippen LogP contribution >= 0.6 is 0 Å². The van der Waals surface area contributed by atoms with Crippen LogP contribution in [-0.2, 0) is 35.3 Å². The number of alkyl halides is 1. The van der Waals surface area contributed by atoms with Crippen LogP contribution in [0.1, 0.15) is 88.6 Å². The number of nitrogens with zero attached hydrogens (tertiary/aromatic N) is 1. The Bertz CT molecular complexity index is 1520. The van der Waals surface area contributed by atoms with Gasteiger partial charge in [-0.25, -0.2) is 9.18 Å². The van der Waals surface area contributed by atoms with Crippen molar-refractivity contribution in [2.75, 3.05) is 6.61 Å². The van der Waals surface area contributed by atoms with Crippen molar-refractivity contribution >= 4 is 23.5 Å². The van der Waals surface area contributed by atoms with Crippen molar-refractivity contribution in [3.63, 3.8) is 0 Å². The molecule has 0 amide bonds. The highest BCUT2D eigenvalue weighted by atomic mass is 19.1. The largest absolute Gasteiger partial charge is 0.454 e. The lowest BCUT2D eigenvalue weighted by Gasteiger charge is -2.62. The lowest BCUT2D eigenvalue weighted by molar-refractivity contribution is -0.763. The van der Waals surface area contributed by atoms with E-state index in [9.17, 15) is 34.4 Å². The predicted octanol–water partition coefficient (Wildman–Crippen LogP) is 5.21. The van der Waals surface area contributed by atoms with Gasteiger partial charge in [-0.3, -0.25) is 14.4 Å². The van der Waals surface area contributed by atoms with E-state index >= 15 is 4.39 Å². The van der Waals surface area contributed by atoms with Gasteiger partial charge in [-0.05, 0) is 74.8 Å². The summed E-state index contributed by atoms with van der Waals surface area (Å²) in [5, 5.41) is 21.3. The van der Waals surface area contributed by atoms with Gasteiger partial charge in [-0.1, -0.05) is 51.0 Å². The van der Waals surface area contributed by atoms with Crippen molar-refractivity contribution in [2.45, 2.75) is 96.6 Å². The molecular formula is C35H42FNO10. The number of carbonyl (C=O) groups is 4. The third-order valence-electron chi connectivity index (χ3n) is 11.5. The Morgan fingerprint density at radius 3 is 2.51 bits per heavy atom. The Balaban J connectivity index is 1.45. The summed E-state index contributed by atoms with van der Waals surface area (Å²) in [5.74, 6) is -4.04. The Morgan fingerprint density at radius 2 is 1.85 bits per heavy atom. The van der Waals surface area contributed by atoms with Gasteiger partial charge < -0.3 is 19.4 Å². The molecular weight excluding hydrogens is 613 g/mol. The maximum Gasteiger partial charge on any atom is 0.338 e. The van der Waals surface area contributed by atoms with E-state index < -0.39 is 75.4 Å². The highest BCUT2D eigenvalue weighted by Gasteiger charge is 2.77. The van der Waals surface area contributed by atoms with Crippen LogP contribution in [0.2, 0.25) is 0 Å². The van der Waals surface area contributed by atoms with Crippen molar-refractivity contribution in [3.05, 3.63) is 69.3 Å². The first kappa shape index (κ1) is 34.4. The summed E-state index contributed by atoms with van der Waals surface area (Å²) in [6.07, 6.45) is 5.07. The van der Waals surface area contributed by atoms with E-state index in [0.29, 0.717) is 36.8 Å². The molecule has 0 radical (unpaired) electrons. The van der Waals surface area contributed by atoms with Crippen LogP contribution in [-0.4, -0.2) is 57.7 Å². The van der Waals surface area contributed by atoms with Crippen molar-refractivity contribution in [1.82, 2.24) is 0 Å². The summed E-state index contributed by atoms with van der Waals surface area (Å²) in [7, 11) is 0. The monoisotopic (exact) mass is 655 g/mol. The maximum absolute atomic E-state index is 17.7. The second-order valence-corrected chi connectivity index (χ2v) is 13.9. The lowest BCUT2D eigenvalue weighted by atomic mass is 9.44. The molecule has 254 valence electrons. The number of rotatable bonds is 11. The van der Waals surface area contributed by atoms with Crippen LogP contribution in [0.25, 0.3) is 0 Å².